The highest BCUT2D eigenvalue weighted by atomic mass is 16.4. The van der Waals surface area contributed by atoms with Crippen LogP contribution in [-0.4, -0.2) is 54.6 Å². The molecule has 0 saturated carbocycles. The molecule has 1 atom stereocenters. The summed E-state index contributed by atoms with van der Waals surface area (Å²) in [6.07, 6.45) is 0.0675. The first-order valence-electron chi connectivity index (χ1n) is 6.52. The molecule has 3 amide bonds. The van der Waals surface area contributed by atoms with Gasteiger partial charge in [-0.3, -0.25) is 9.59 Å². The number of carboxylic acids is 1. The SMILES string of the molecule is CNC(=O)CCN(C)C(=O)NC(CC(=O)O)C(C)(C)C. The van der Waals surface area contributed by atoms with Crippen molar-refractivity contribution in [1.82, 2.24) is 15.5 Å². The number of urea groups is 1. The molecule has 0 spiro atoms. The Hall–Kier alpha value is -1.79. The van der Waals surface area contributed by atoms with Gasteiger partial charge in [-0.05, 0) is 5.41 Å². The van der Waals surface area contributed by atoms with E-state index in [1.807, 2.05) is 20.8 Å². The van der Waals surface area contributed by atoms with Crippen LogP contribution in [0.25, 0.3) is 0 Å². The Morgan fingerprint density at radius 2 is 1.80 bits per heavy atom. The highest BCUT2D eigenvalue weighted by molar-refractivity contribution is 5.78. The first-order valence-corrected chi connectivity index (χ1v) is 6.52. The Morgan fingerprint density at radius 1 is 1.25 bits per heavy atom. The van der Waals surface area contributed by atoms with E-state index in [2.05, 4.69) is 10.6 Å². The first-order chi connectivity index (χ1) is 9.07. The second-order valence-electron chi connectivity index (χ2n) is 5.81. The van der Waals surface area contributed by atoms with Gasteiger partial charge >= 0.3 is 12.0 Å². The van der Waals surface area contributed by atoms with Crippen molar-refractivity contribution in [2.45, 2.75) is 39.7 Å². The van der Waals surface area contributed by atoms with Gasteiger partial charge in [0.2, 0.25) is 5.91 Å². The predicted molar refractivity (Wildman–Crippen MR) is 75.3 cm³/mol. The van der Waals surface area contributed by atoms with Gasteiger partial charge < -0.3 is 20.6 Å². The smallest absolute Gasteiger partial charge is 0.317 e. The summed E-state index contributed by atoms with van der Waals surface area (Å²) < 4.78 is 0. The van der Waals surface area contributed by atoms with Crippen LogP contribution in [0.5, 0.6) is 0 Å². The van der Waals surface area contributed by atoms with Crippen LogP contribution in [0.3, 0.4) is 0 Å². The molecule has 0 aromatic rings. The molecule has 7 nitrogen and oxygen atoms in total. The topological polar surface area (TPSA) is 98.7 Å². The maximum Gasteiger partial charge on any atom is 0.317 e. The summed E-state index contributed by atoms with van der Waals surface area (Å²) in [5, 5.41) is 14.1. The third-order valence-corrected chi connectivity index (χ3v) is 3.02. The molecule has 0 bridgehead atoms. The second kappa shape index (κ2) is 7.72. The van der Waals surface area contributed by atoms with Crippen molar-refractivity contribution in [2.75, 3.05) is 20.6 Å². The fourth-order valence-corrected chi connectivity index (χ4v) is 1.50. The number of nitrogens with zero attached hydrogens (tertiary/aromatic N) is 1. The van der Waals surface area contributed by atoms with E-state index in [4.69, 9.17) is 5.11 Å². The van der Waals surface area contributed by atoms with E-state index in [-0.39, 0.29) is 36.7 Å². The number of carbonyl (C=O) groups is 3. The third-order valence-electron chi connectivity index (χ3n) is 3.02. The van der Waals surface area contributed by atoms with Gasteiger partial charge in [0.15, 0.2) is 0 Å². The molecule has 0 heterocycles. The number of hydrogen-bond donors (Lipinski definition) is 3. The molecule has 0 radical (unpaired) electrons. The van der Waals surface area contributed by atoms with Crippen molar-refractivity contribution in [1.29, 1.82) is 0 Å². The maximum absolute atomic E-state index is 12.0. The number of carboxylic acid groups (broad SMARTS) is 1. The highest BCUT2D eigenvalue weighted by Crippen LogP contribution is 2.22. The van der Waals surface area contributed by atoms with Crippen LogP contribution in [0.4, 0.5) is 4.79 Å². The highest BCUT2D eigenvalue weighted by Gasteiger charge is 2.29. The number of amides is 3. The lowest BCUT2D eigenvalue weighted by atomic mass is 9.85. The van der Waals surface area contributed by atoms with E-state index in [1.165, 1.54) is 11.9 Å². The van der Waals surface area contributed by atoms with E-state index in [9.17, 15) is 14.4 Å². The third kappa shape index (κ3) is 6.96. The molecule has 116 valence electrons. The summed E-state index contributed by atoms with van der Waals surface area (Å²) in [4.78, 5) is 35.3. The van der Waals surface area contributed by atoms with Gasteiger partial charge in [0.25, 0.3) is 0 Å². The second-order valence-corrected chi connectivity index (χ2v) is 5.81. The Kier molecular flexibility index (Phi) is 7.02. The Labute approximate surface area is 119 Å². The van der Waals surface area contributed by atoms with Crippen molar-refractivity contribution in [3.8, 4) is 0 Å². The molecule has 0 rings (SSSR count). The summed E-state index contributed by atoms with van der Waals surface area (Å²) in [6.45, 7) is 5.87. The van der Waals surface area contributed by atoms with Crippen molar-refractivity contribution in [3.05, 3.63) is 0 Å². The van der Waals surface area contributed by atoms with Crippen LogP contribution in [-0.2, 0) is 9.59 Å². The van der Waals surface area contributed by atoms with Gasteiger partial charge in [0, 0.05) is 33.1 Å². The zero-order valence-corrected chi connectivity index (χ0v) is 12.8. The van der Waals surface area contributed by atoms with E-state index < -0.39 is 12.0 Å². The monoisotopic (exact) mass is 287 g/mol. The van der Waals surface area contributed by atoms with Crippen molar-refractivity contribution >= 4 is 17.9 Å². The molecule has 0 aliphatic carbocycles. The van der Waals surface area contributed by atoms with Gasteiger partial charge in [-0.1, -0.05) is 20.8 Å². The number of rotatable bonds is 6. The number of aliphatic carboxylic acids is 1. The average Bonchev–Trinajstić information content (AvgIpc) is 2.32. The molecule has 0 aromatic heterocycles. The quantitative estimate of drug-likeness (QED) is 0.668. The lowest BCUT2D eigenvalue weighted by Gasteiger charge is -2.32. The van der Waals surface area contributed by atoms with Crippen molar-refractivity contribution < 1.29 is 19.5 Å². The van der Waals surface area contributed by atoms with Gasteiger partial charge in [-0.2, -0.15) is 0 Å². The molecule has 0 fully saturated rings. The predicted octanol–water partition coefficient (Wildman–Crippen LogP) is 0.653. The summed E-state index contributed by atoms with van der Waals surface area (Å²) in [7, 11) is 3.10. The molecular formula is C13H25N3O4. The standard InChI is InChI=1S/C13H25N3O4/c1-13(2,3)9(8-11(18)19)15-12(20)16(5)7-6-10(17)14-4/h9H,6-8H2,1-5H3,(H,14,17)(H,15,20)(H,18,19). The molecule has 0 aromatic carbocycles. The maximum atomic E-state index is 12.0. The molecule has 0 aliphatic rings. The lowest BCUT2D eigenvalue weighted by molar-refractivity contribution is -0.138. The molecule has 3 N–H and O–H groups in total. The number of nitrogens with one attached hydrogen (secondary N) is 2. The Bertz CT molecular complexity index is 363. The molecule has 7 heteroatoms. The van der Waals surface area contributed by atoms with Crippen molar-refractivity contribution in [2.24, 2.45) is 5.41 Å². The number of carbonyl (C=O) groups excluding carboxylic acids is 2. The van der Waals surface area contributed by atoms with E-state index >= 15 is 0 Å². The average molecular weight is 287 g/mol. The summed E-state index contributed by atoms with van der Waals surface area (Å²) in [5.41, 5.74) is -0.365. The molecular weight excluding hydrogens is 262 g/mol. The van der Waals surface area contributed by atoms with Gasteiger partial charge in [-0.25, -0.2) is 4.79 Å². The van der Waals surface area contributed by atoms with Gasteiger partial charge in [0.1, 0.15) is 0 Å². The summed E-state index contributed by atoms with van der Waals surface area (Å²) >= 11 is 0. The van der Waals surface area contributed by atoms with Crippen LogP contribution < -0.4 is 10.6 Å². The molecule has 20 heavy (non-hydrogen) atoms. The van der Waals surface area contributed by atoms with Crippen LogP contribution in [0.2, 0.25) is 0 Å². The van der Waals surface area contributed by atoms with E-state index in [0.717, 1.165) is 0 Å². The summed E-state index contributed by atoms with van der Waals surface area (Å²) in [5.74, 6) is -1.11. The fraction of sp³-hybridized carbons (Fsp3) is 0.769. The van der Waals surface area contributed by atoms with Crippen LogP contribution >= 0.6 is 0 Å². The minimum atomic E-state index is -0.960. The van der Waals surface area contributed by atoms with Crippen LogP contribution in [0.15, 0.2) is 0 Å². The normalized spacial score (nSPS) is 12.4. The zero-order chi connectivity index (χ0) is 15.9. The minimum Gasteiger partial charge on any atom is -0.481 e. The first kappa shape index (κ1) is 18.2. The van der Waals surface area contributed by atoms with E-state index in [1.54, 1.807) is 7.05 Å². The zero-order valence-electron chi connectivity index (χ0n) is 12.8. The van der Waals surface area contributed by atoms with Gasteiger partial charge in [0.05, 0.1) is 6.42 Å². The van der Waals surface area contributed by atoms with Crippen LogP contribution in [0.1, 0.15) is 33.6 Å². The van der Waals surface area contributed by atoms with Crippen LogP contribution in [0, 0.1) is 5.41 Å². The van der Waals surface area contributed by atoms with E-state index in [0.29, 0.717) is 0 Å². The Balaban J connectivity index is 4.51. The summed E-state index contributed by atoms with van der Waals surface area (Å²) in [6, 6.07) is -0.856. The minimum absolute atomic E-state index is 0.140. The molecule has 0 saturated heterocycles. The largest absolute Gasteiger partial charge is 0.481 e. The molecule has 0 aliphatic heterocycles. The Morgan fingerprint density at radius 3 is 2.20 bits per heavy atom. The fourth-order valence-electron chi connectivity index (χ4n) is 1.50. The van der Waals surface area contributed by atoms with Crippen molar-refractivity contribution in [3.63, 3.8) is 0 Å². The molecule has 1 unspecified atom stereocenters. The number of hydrogen-bond acceptors (Lipinski definition) is 3. The van der Waals surface area contributed by atoms with Gasteiger partial charge in [-0.15, -0.1) is 0 Å². The lowest BCUT2D eigenvalue weighted by Crippen LogP contribution is -2.49.